The van der Waals surface area contributed by atoms with Gasteiger partial charge in [0.25, 0.3) is 0 Å². The monoisotopic (exact) mass is 135 g/mol. The van der Waals surface area contributed by atoms with Crippen LogP contribution in [0.25, 0.3) is 0 Å². The molecule has 10 heavy (non-hydrogen) atoms. The zero-order chi connectivity index (χ0) is 6.81. The van der Waals surface area contributed by atoms with Gasteiger partial charge in [-0.3, -0.25) is 5.43 Å². The zero-order valence-electron chi connectivity index (χ0n) is 5.93. The van der Waals surface area contributed by atoms with E-state index in [1.165, 1.54) is 30.5 Å². The second-order valence-electron chi connectivity index (χ2n) is 2.75. The molecule has 1 heterocycles. The highest BCUT2D eigenvalue weighted by Crippen LogP contribution is 2.25. The standard InChI is InChI=1S/C8H11N2/c1-2-4-8-7(3-1)5-6-9-10-8/h5-6,9H,1-4H2. The Balaban J connectivity index is 2.23. The molecule has 0 aromatic rings. The molecule has 1 N–H and O–H groups in total. The van der Waals surface area contributed by atoms with Gasteiger partial charge in [-0.05, 0) is 37.3 Å². The van der Waals surface area contributed by atoms with E-state index >= 15 is 0 Å². The molecule has 2 nitrogen and oxygen atoms in total. The predicted octanol–water partition coefficient (Wildman–Crippen LogP) is 1.45. The summed E-state index contributed by atoms with van der Waals surface area (Å²) in [6.45, 7) is 0. The van der Waals surface area contributed by atoms with Gasteiger partial charge in [0.2, 0.25) is 0 Å². The van der Waals surface area contributed by atoms with Gasteiger partial charge in [0.1, 0.15) is 0 Å². The molecular weight excluding hydrogens is 124 g/mol. The first-order valence-electron chi connectivity index (χ1n) is 3.82. The third kappa shape index (κ3) is 0.897. The second kappa shape index (κ2) is 2.37. The Kier molecular flexibility index (Phi) is 1.38. The fourth-order valence-electron chi connectivity index (χ4n) is 1.47. The number of hydrogen-bond donors (Lipinski definition) is 1. The quantitative estimate of drug-likeness (QED) is 0.534. The molecule has 2 heteroatoms. The lowest BCUT2D eigenvalue weighted by Gasteiger charge is -2.20. The van der Waals surface area contributed by atoms with Gasteiger partial charge in [-0.1, -0.05) is 0 Å². The van der Waals surface area contributed by atoms with E-state index in [9.17, 15) is 0 Å². The van der Waals surface area contributed by atoms with Crippen molar-refractivity contribution in [1.82, 2.24) is 10.9 Å². The summed E-state index contributed by atoms with van der Waals surface area (Å²) < 4.78 is 0. The lowest BCUT2D eigenvalue weighted by atomic mass is 9.96. The topological polar surface area (TPSA) is 26.1 Å². The van der Waals surface area contributed by atoms with Crippen molar-refractivity contribution in [2.24, 2.45) is 0 Å². The molecule has 2 rings (SSSR count). The molecule has 0 unspecified atom stereocenters. The van der Waals surface area contributed by atoms with Crippen LogP contribution in [0.15, 0.2) is 23.5 Å². The highest BCUT2D eigenvalue weighted by atomic mass is 15.4. The van der Waals surface area contributed by atoms with Crippen LogP contribution in [0, 0.1) is 0 Å². The number of hydrogen-bond acceptors (Lipinski definition) is 1. The molecule has 0 saturated heterocycles. The number of allylic oxidation sites excluding steroid dienone is 3. The first kappa shape index (κ1) is 5.83. The van der Waals surface area contributed by atoms with E-state index in [-0.39, 0.29) is 0 Å². The lowest BCUT2D eigenvalue weighted by molar-refractivity contribution is 0.577. The molecule has 0 fully saturated rings. The van der Waals surface area contributed by atoms with Gasteiger partial charge >= 0.3 is 0 Å². The zero-order valence-corrected chi connectivity index (χ0v) is 5.93. The maximum atomic E-state index is 4.19. The molecule has 0 aromatic heterocycles. The SMILES string of the molecule is C1=CC2=C(CCCC2)[N]N1. The van der Waals surface area contributed by atoms with Crippen molar-refractivity contribution in [2.75, 3.05) is 0 Å². The summed E-state index contributed by atoms with van der Waals surface area (Å²) in [7, 11) is 0. The first-order valence-corrected chi connectivity index (χ1v) is 3.82. The fraction of sp³-hybridized carbons (Fsp3) is 0.500. The lowest BCUT2D eigenvalue weighted by Crippen LogP contribution is -2.24. The van der Waals surface area contributed by atoms with Crippen LogP contribution in [0.1, 0.15) is 25.7 Å². The van der Waals surface area contributed by atoms with E-state index in [0.29, 0.717) is 0 Å². The Hall–Kier alpha value is -0.920. The van der Waals surface area contributed by atoms with Crippen molar-refractivity contribution in [1.29, 1.82) is 0 Å². The predicted molar refractivity (Wildman–Crippen MR) is 39.9 cm³/mol. The van der Waals surface area contributed by atoms with Crippen molar-refractivity contribution in [3.63, 3.8) is 0 Å². The maximum absolute atomic E-state index is 4.19. The average Bonchev–Trinajstić information content (AvgIpc) is 2.05. The van der Waals surface area contributed by atoms with E-state index in [4.69, 9.17) is 0 Å². The molecule has 0 aromatic carbocycles. The smallest absolute Gasteiger partial charge is 0.0639 e. The molecule has 2 aliphatic rings. The Labute approximate surface area is 61.0 Å². The van der Waals surface area contributed by atoms with Crippen molar-refractivity contribution in [3.05, 3.63) is 23.5 Å². The molecule has 0 amide bonds. The molecule has 0 saturated carbocycles. The minimum Gasteiger partial charge on any atom is -0.286 e. The van der Waals surface area contributed by atoms with Gasteiger partial charge in [-0.2, -0.15) is 5.43 Å². The van der Waals surface area contributed by atoms with Crippen LogP contribution in [0.5, 0.6) is 0 Å². The van der Waals surface area contributed by atoms with Crippen LogP contribution in [0.4, 0.5) is 0 Å². The van der Waals surface area contributed by atoms with Crippen LogP contribution in [0.3, 0.4) is 0 Å². The molecule has 0 bridgehead atoms. The maximum Gasteiger partial charge on any atom is 0.0639 e. The number of nitrogens with zero attached hydrogens (tertiary/aromatic N) is 1. The highest BCUT2D eigenvalue weighted by Gasteiger charge is 2.12. The minimum atomic E-state index is 1.16. The Morgan fingerprint density at radius 1 is 1.30 bits per heavy atom. The molecule has 1 aliphatic heterocycles. The van der Waals surface area contributed by atoms with Crippen molar-refractivity contribution in [2.45, 2.75) is 25.7 Å². The van der Waals surface area contributed by atoms with Gasteiger partial charge in [-0.15, -0.1) is 0 Å². The van der Waals surface area contributed by atoms with E-state index in [1.54, 1.807) is 0 Å². The summed E-state index contributed by atoms with van der Waals surface area (Å²) in [4.78, 5) is 0. The van der Waals surface area contributed by atoms with E-state index < -0.39 is 0 Å². The van der Waals surface area contributed by atoms with Crippen LogP contribution in [-0.2, 0) is 0 Å². The number of rotatable bonds is 0. The van der Waals surface area contributed by atoms with Gasteiger partial charge in [0, 0.05) is 6.20 Å². The third-order valence-electron chi connectivity index (χ3n) is 2.04. The second-order valence-corrected chi connectivity index (χ2v) is 2.75. The summed E-state index contributed by atoms with van der Waals surface area (Å²) in [5, 5.41) is 0. The average molecular weight is 135 g/mol. The fourth-order valence-corrected chi connectivity index (χ4v) is 1.47. The van der Waals surface area contributed by atoms with Crippen LogP contribution in [0.2, 0.25) is 0 Å². The summed E-state index contributed by atoms with van der Waals surface area (Å²) in [6, 6.07) is 0. The summed E-state index contributed by atoms with van der Waals surface area (Å²) in [5.41, 5.74) is 9.77. The van der Waals surface area contributed by atoms with Gasteiger partial charge in [0.05, 0.1) is 5.70 Å². The van der Waals surface area contributed by atoms with Crippen molar-refractivity contribution >= 4 is 0 Å². The van der Waals surface area contributed by atoms with E-state index in [2.05, 4.69) is 16.9 Å². The largest absolute Gasteiger partial charge is 0.286 e. The molecular formula is C8H11N2. The normalized spacial score (nSPS) is 23.2. The van der Waals surface area contributed by atoms with Crippen LogP contribution < -0.4 is 10.9 Å². The van der Waals surface area contributed by atoms with Gasteiger partial charge < -0.3 is 0 Å². The molecule has 1 aliphatic carbocycles. The van der Waals surface area contributed by atoms with E-state index in [1.807, 2.05) is 6.20 Å². The Bertz CT molecular complexity index is 191. The minimum absolute atomic E-state index is 1.16. The van der Waals surface area contributed by atoms with Gasteiger partial charge in [0.15, 0.2) is 0 Å². The first-order chi connectivity index (χ1) is 4.97. The summed E-state index contributed by atoms with van der Waals surface area (Å²) in [6.07, 6.45) is 9.06. The van der Waals surface area contributed by atoms with Crippen LogP contribution >= 0.6 is 0 Å². The molecule has 0 spiro atoms. The molecule has 53 valence electrons. The van der Waals surface area contributed by atoms with E-state index in [0.717, 1.165) is 6.42 Å². The Morgan fingerprint density at radius 3 is 3.10 bits per heavy atom. The van der Waals surface area contributed by atoms with Crippen LogP contribution in [-0.4, -0.2) is 0 Å². The van der Waals surface area contributed by atoms with Crippen molar-refractivity contribution in [3.8, 4) is 0 Å². The van der Waals surface area contributed by atoms with Crippen molar-refractivity contribution < 1.29 is 0 Å². The Morgan fingerprint density at radius 2 is 2.20 bits per heavy atom. The summed E-state index contributed by atoms with van der Waals surface area (Å²) in [5.74, 6) is 0. The summed E-state index contributed by atoms with van der Waals surface area (Å²) >= 11 is 0. The third-order valence-corrected chi connectivity index (χ3v) is 2.04. The number of nitrogens with one attached hydrogen (secondary N) is 1. The van der Waals surface area contributed by atoms with Gasteiger partial charge in [-0.25, -0.2) is 0 Å². The molecule has 1 radical (unpaired) electrons. The molecule has 0 atom stereocenters. The highest BCUT2D eigenvalue weighted by molar-refractivity contribution is 5.28.